The van der Waals surface area contributed by atoms with Crippen LogP contribution in [0.4, 0.5) is 11.4 Å². The summed E-state index contributed by atoms with van der Waals surface area (Å²) in [5.41, 5.74) is 3.54. The number of benzene rings is 2. The number of methoxy groups -OCH3 is 4. The van der Waals surface area contributed by atoms with Gasteiger partial charge in [-0.2, -0.15) is 0 Å². The van der Waals surface area contributed by atoms with Crippen LogP contribution in [0.25, 0.3) is 0 Å². The number of ether oxygens (including phenoxy) is 4. The van der Waals surface area contributed by atoms with Crippen molar-refractivity contribution in [2.45, 2.75) is 23.6 Å². The van der Waals surface area contributed by atoms with E-state index < -0.39 is 5.97 Å². The van der Waals surface area contributed by atoms with Gasteiger partial charge in [0.2, 0.25) is 5.90 Å². The number of thioether (sulfide) groups is 2. The number of aryl methyl sites for hydroxylation is 2. The first-order valence-corrected chi connectivity index (χ1v) is 11.3. The highest BCUT2D eigenvalue weighted by Gasteiger charge is 2.34. The maximum Gasteiger partial charge on any atom is 0.357 e. The summed E-state index contributed by atoms with van der Waals surface area (Å²) in [7, 11) is 6.08. The van der Waals surface area contributed by atoms with E-state index in [1.165, 1.54) is 30.6 Å². The third-order valence-electron chi connectivity index (χ3n) is 4.86. The third kappa shape index (κ3) is 3.86. The molecule has 9 heteroatoms. The summed E-state index contributed by atoms with van der Waals surface area (Å²) in [6.07, 6.45) is 0. The Hall–Kier alpha value is -2.91. The van der Waals surface area contributed by atoms with Gasteiger partial charge in [-0.3, -0.25) is 0 Å². The van der Waals surface area contributed by atoms with Crippen LogP contribution in [0.5, 0.6) is 11.5 Å². The molecule has 0 saturated heterocycles. The summed E-state index contributed by atoms with van der Waals surface area (Å²) < 4.78 is 21.7. The molecule has 32 heavy (non-hydrogen) atoms. The van der Waals surface area contributed by atoms with Gasteiger partial charge in [-0.15, -0.1) is 0 Å². The van der Waals surface area contributed by atoms with Crippen molar-refractivity contribution in [3.8, 4) is 11.5 Å². The normalized spacial score (nSPS) is 16.9. The number of hydrogen-bond donors (Lipinski definition) is 0. The van der Waals surface area contributed by atoms with Crippen molar-refractivity contribution in [2.24, 2.45) is 9.98 Å². The van der Waals surface area contributed by atoms with Gasteiger partial charge in [-0.1, -0.05) is 23.5 Å². The Bertz CT molecular complexity index is 1220. The van der Waals surface area contributed by atoms with Crippen molar-refractivity contribution < 1.29 is 23.7 Å². The number of fused-ring (bicyclic) bond motifs is 2. The van der Waals surface area contributed by atoms with E-state index in [2.05, 4.69) is 4.99 Å². The second-order valence-electron chi connectivity index (χ2n) is 7.06. The predicted octanol–water partition coefficient (Wildman–Crippen LogP) is 5.37. The zero-order valence-electron chi connectivity index (χ0n) is 18.6. The van der Waals surface area contributed by atoms with Crippen LogP contribution in [0.2, 0.25) is 0 Å². The molecule has 0 fully saturated rings. The number of nitrogens with zero attached hydrogens (tertiary/aromatic N) is 2. The molecule has 2 aromatic carbocycles. The average Bonchev–Trinajstić information content (AvgIpc) is 2.80. The number of aliphatic imine (C=N–C) groups is 2. The fourth-order valence-corrected chi connectivity index (χ4v) is 5.89. The highest BCUT2D eigenvalue weighted by Crippen LogP contribution is 2.52. The molecule has 2 aliphatic rings. The van der Waals surface area contributed by atoms with Crippen LogP contribution in [-0.4, -0.2) is 46.0 Å². The molecule has 0 amide bonds. The molecule has 166 valence electrons. The van der Waals surface area contributed by atoms with Crippen molar-refractivity contribution in [1.29, 1.82) is 0 Å². The Morgan fingerprint density at radius 2 is 1.28 bits per heavy atom. The molecule has 2 aromatic rings. The summed E-state index contributed by atoms with van der Waals surface area (Å²) >= 11 is 2.89. The van der Waals surface area contributed by atoms with E-state index in [1.54, 1.807) is 21.3 Å². The largest absolute Gasteiger partial charge is 0.494 e. The number of carbonyl (C=O) groups is 1. The Morgan fingerprint density at radius 3 is 1.78 bits per heavy atom. The molecule has 0 bridgehead atoms. The quantitative estimate of drug-likeness (QED) is 0.558. The van der Waals surface area contributed by atoms with Crippen LogP contribution in [0.15, 0.2) is 53.9 Å². The molecular weight excluding hydrogens is 448 g/mol. The van der Waals surface area contributed by atoms with Gasteiger partial charge in [0.25, 0.3) is 0 Å². The van der Waals surface area contributed by atoms with Crippen LogP contribution in [-0.2, 0) is 14.3 Å². The first-order valence-electron chi connectivity index (χ1n) is 9.67. The molecule has 2 aliphatic heterocycles. The minimum atomic E-state index is -0.544. The van der Waals surface area contributed by atoms with E-state index in [0.717, 1.165) is 20.9 Å². The Morgan fingerprint density at radius 1 is 0.750 bits per heavy atom. The lowest BCUT2D eigenvalue weighted by molar-refractivity contribution is -0.132. The van der Waals surface area contributed by atoms with Crippen molar-refractivity contribution in [3.05, 3.63) is 45.2 Å². The Labute approximate surface area is 194 Å². The fourth-order valence-electron chi connectivity index (χ4n) is 3.41. The standard InChI is InChI=1S/C23H22N2O5S2/c1-11-7-13(27-3)17-15(9-11)31-20(19(24-17)23(26)30-6)21-22(29-5)25-18-14(28-4)8-12(2)10-16(18)32-21/h7-10H,1-6H3/b21-20-. The van der Waals surface area contributed by atoms with E-state index in [9.17, 15) is 4.79 Å². The van der Waals surface area contributed by atoms with Gasteiger partial charge in [0.05, 0.1) is 38.2 Å². The zero-order chi connectivity index (χ0) is 23.0. The number of hydrogen-bond acceptors (Lipinski definition) is 9. The average molecular weight is 471 g/mol. The number of esters is 1. The predicted molar refractivity (Wildman–Crippen MR) is 127 cm³/mol. The second-order valence-corrected chi connectivity index (χ2v) is 9.17. The Balaban J connectivity index is 1.95. The van der Waals surface area contributed by atoms with E-state index in [1.807, 2.05) is 38.1 Å². The topological polar surface area (TPSA) is 78.7 Å². The van der Waals surface area contributed by atoms with Crippen molar-refractivity contribution in [3.63, 3.8) is 0 Å². The van der Waals surface area contributed by atoms with Gasteiger partial charge in [0, 0.05) is 9.79 Å². The van der Waals surface area contributed by atoms with Gasteiger partial charge >= 0.3 is 5.97 Å². The van der Waals surface area contributed by atoms with Crippen LogP contribution in [0.1, 0.15) is 11.1 Å². The van der Waals surface area contributed by atoms with Crippen LogP contribution < -0.4 is 9.47 Å². The highest BCUT2D eigenvalue weighted by molar-refractivity contribution is 8.08. The smallest absolute Gasteiger partial charge is 0.357 e. The van der Waals surface area contributed by atoms with E-state index in [4.69, 9.17) is 23.9 Å². The minimum absolute atomic E-state index is 0.183. The van der Waals surface area contributed by atoms with Crippen molar-refractivity contribution in [2.75, 3.05) is 28.4 Å². The first kappa shape index (κ1) is 22.3. The monoisotopic (exact) mass is 470 g/mol. The molecule has 2 heterocycles. The number of rotatable bonds is 3. The molecule has 0 unspecified atom stereocenters. The molecule has 0 N–H and O–H groups in total. The molecule has 0 radical (unpaired) electrons. The number of carbonyl (C=O) groups excluding carboxylic acids is 1. The van der Waals surface area contributed by atoms with E-state index in [-0.39, 0.29) is 5.71 Å². The van der Waals surface area contributed by atoms with Gasteiger partial charge < -0.3 is 18.9 Å². The minimum Gasteiger partial charge on any atom is -0.494 e. The van der Waals surface area contributed by atoms with Gasteiger partial charge in [-0.25, -0.2) is 14.8 Å². The van der Waals surface area contributed by atoms with Crippen LogP contribution in [0, 0.1) is 13.8 Å². The molecule has 0 spiro atoms. The SMILES string of the molecule is COC(=O)C1=Nc2c(OC)cc(C)cc2S/C1=C1\Sc2cc(C)cc(OC)c2N=C1OC. The summed E-state index contributed by atoms with van der Waals surface area (Å²) in [6.45, 7) is 3.98. The third-order valence-corrected chi connectivity index (χ3v) is 7.23. The van der Waals surface area contributed by atoms with Crippen molar-refractivity contribution >= 4 is 52.5 Å². The Kier molecular flexibility index (Phi) is 6.21. The summed E-state index contributed by atoms with van der Waals surface area (Å²) in [6, 6.07) is 7.86. The van der Waals surface area contributed by atoms with Crippen LogP contribution >= 0.6 is 23.5 Å². The van der Waals surface area contributed by atoms with Gasteiger partial charge in [-0.05, 0) is 49.2 Å². The second kappa shape index (κ2) is 8.91. The maximum atomic E-state index is 12.7. The summed E-state index contributed by atoms with van der Waals surface area (Å²) in [4.78, 5) is 25.2. The van der Waals surface area contributed by atoms with E-state index >= 15 is 0 Å². The molecule has 0 atom stereocenters. The summed E-state index contributed by atoms with van der Waals surface area (Å²) in [5.74, 6) is 1.10. The molecule has 4 rings (SSSR count). The molecule has 7 nitrogen and oxygen atoms in total. The van der Waals surface area contributed by atoms with Crippen LogP contribution in [0.3, 0.4) is 0 Å². The van der Waals surface area contributed by atoms with E-state index in [0.29, 0.717) is 38.6 Å². The summed E-state index contributed by atoms with van der Waals surface area (Å²) in [5, 5.41) is 0. The lowest BCUT2D eigenvalue weighted by Crippen LogP contribution is -2.22. The van der Waals surface area contributed by atoms with Crippen molar-refractivity contribution in [1.82, 2.24) is 0 Å². The lowest BCUT2D eigenvalue weighted by Gasteiger charge is -2.25. The lowest BCUT2D eigenvalue weighted by atomic mass is 10.2. The van der Waals surface area contributed by atoms with Gasteiger partial charge in [0.15, 0.2) is 5.71 Å². The highest BCUT2D eigenvalue weighted by atomic mass is 32.2. The fraction of sp³-hybridized carbons (Fsp3) is 0.261. The molecule has 0 aliphatic carbocycles. The molecule has 0 saturated carbocycles. The zero-order valence-corrected chi connectivity index (χ0v) is 20.2. The first-order chi connectivity index (χ1) is 15.4. The van der Waals surface area contributed by atoms with Gasteiger partial charge in [0.1, 0.15) is 22.9 Å². The molecule has 0 aromatic heterocycles. The molecular formula is C23H22N2O5S2. The maximum absolute atomic E-state index is 12.7.